The molecule has 0 saturated carbocycles. The SMILES string of the molecule is CCN(CC)CCc1cccc(-c2nc3c(C(N)=O)cccc3[nH]2)c1. The van der Waals surface area contributed by atoms with E-state index in [1.807, 2.05) is 18.2 Å². The van der Waals surface area contributed by atoms with E-state index in [2.05, 4.69) is 46.9 Å². The van der Waals surface area contributed by atoms with Crippen LogP contribution in [0.15, 0.2) is 42.5 Å². The molecule has 0 fully saturated rings. The second-order valence-corrected chi connectivity index (χ2v) is 6.13. The van der Waals surface area contributed by atoms with E-state index < -0.39 is 5.91 Å². The minimum absolute atomic E-state index is 0.442. The molecule has 3 rings (SSSR count). The maximum atomic E-state index is 11.6. The van der Waals surface area contributed by atoms with Gasteiger partial charge in [0.1, 0.15) is 11.3 Å². The number of carbonyl (C=O) groups excluding carboxylic acids is 1. The average molecular weight is 336 g/mol. The van der Waals surface area contributed by atoms with Crippen LogP contribution in [0.25, 0.3) is 22.4 Å². The number of hydrogen-bond donors (Lipinski definition) is 2. The Balaban J connectivity index is 1.89. The van der Waals surface area contributed by atoms with Gasteiger partial charge in [0.25, 0.3) is 5.91 Å². The van der Waals surface area contributed by atoms with Crippen molar-refractivity contribution < 1.29 is 4.79 Å². The molecule has 5 heteroatoms. The molecule has 0 unspecified atom stereocenters. The van der Waals surface area contributed by atoms with Gasteiger partial charge >= 0.3 is 0 Å². The lowest BCUT2D eigenvalue weighted by Gasteiger charge is -2.17. The molecule has 2 aromatic carbocycles. The third kappa shape index (κ3) is 3.72. The first-order valence-corrected chi connectivity index (χ1v) is 8.72. The van der Waals surface area contributed by atoms with E-state index in [1.165, 1.54) is 5.56 Å². The number of fused-ring (bicyclic) bond motifs is 1. The van der Waals surface area contributed by atoms with E-state index in [4.69, 9.17) is 5.73 Å². The first-order chi connectivity index (χ1) is 12.1. The molecule has 0 bridgehead atoms. The highest BCUT2D eigenvalue weighted by Gasteiger charge is 2.12. The Morgan fingerprint density at radius 2 is 1.92 bits per heavy atom. The number of imidazole rings is 1. The van der Waals surface area contributed by atoms with E-state index in [1.54, 1.807) is 6.07 Å². The molecule has 0 atom stereocenters. The number of carbonyl (C=O) groups is 1. The van der Waals surface area contributed by atoms with Gasteiger partial charge in [0, 0.05) is 12.1 Å². The Labute approximate surface area is 147 Å². The molecule has 1 amide bonds. The van der Waals surface area contributed by atoms with Gasteiger partial charge in [0.15, 0.2) is 0 Å². The molecule has 1 aromatic heterocycles. The quantitative estimate of drug-likeness (QED) is 0.695. The van der Waals surface area contributed by atoms with Crippen molar-refractivity contribution in [2.75, 3.05) is 19.6 Å². The summed E-state index contributed by atoms with van der Waals surface area (Å²) in [5.74, 6) is 0.296. The Morgan fingerprint density at radius 3 is 2.64 bits per heavy atom. The van der Waals surface area contributed by atoms with Crippen molar-refractivity contribution in [3.63, 3.8) is 0 Å². The van der Waals surface area contributed by atoms with Crippen LogP contribution in [0.5, 0.6) is 0 Å². The van der Waals surface area contributed by atoms with Crippen molar-refractivity contribution in [2.24, 2.45) is 5.73 Å². The summed E-state index contributed by atoms with van der Waals surface area (Å²) in [4.78, 5) is 21.9. The number of aromatic nitrogens is 2. The van der Waals surface area contributed by atoms with Crippen LogP contribution in [0.3, 0.4) is 0 Å². The van der Waals surface area contributed by atoms with Crippen molar-refractivity contribution in [2.45, 2.75) is 20.3 Å². The molecule has 0 aliphatic carbocycles. The molecule has 130 valence electrons. The van der Waals surface area contributed by atoms with Crippen LogP contribution >= 0.6 is 0 Å². The second-order valence-electron chi connectivity index (χ2n) is 6.13. The fourth-order valence-corrected chi connectivity index (χ4v) is 3.07. The van der Waals surface area contributed by atoms with Crippen molar-refractivity contribution in [1.29, 1.82) is 0 Å². The summed E-state index contributed by atoms with van der Waals surface area (Å²) in [7, 11) is 0. The Morgan fingerprint density at radius 1 is 1.16 bits per heavy atom. The molecule has 0 saturated heterocycles. The fraction of sp³-hybridized carbons (Fsp3) is 0.300. The zero-order chi connectivity index (χ0) is 17.8. The van der Waals surface area contributed by atoms with Crippen LogP contribution in [0.1, 0.15) is 29.8 Å². The number of benzene rings is 2. The predicted molar refractivity (Wildman–Crippen MR) is 102 cm³/mol. The van der Waals surface area contributed by atoms with Crippen molar-refractivity contribution in [3.05, 3.63) is 53.6 Å². The zero-order valence-corrected chi connectivity index (χ0v) is 14.7. The van der Waals surface area contributed by atoms with E-state index in [-0.39, 0.29) is 0 Å². The average Bonchev–Trinajstić information content (AvgIpc) is 3.07. The van der Waals surface area contributed by atoms with Gasteiger partial charge < -0.3 is 15.6 Å². The highest BCUT2D eigenvalue weighted by atomic mass is 16.1. The molecule has 0 aliphatic heterocycles. The van der Waals surface area contributed by atoms with Crippen LogP contribution < -0.4 is 5.73 Å². The third-order valence-corrected chi connectivity index (χ3v) is 4.59. The van der Waals surface area contributed by atoms with E-state index in [9.17, 15) is 4.79 Å². The molecule has 25 heavy (non-hydrogen) atoms. The highest BCUT2D eigenvalue weighted by molar-refractivity contribution is 6.04. The van der Waals surface area contributed by atoms with Crippen molar-refractivity contribution in [1.82, 2.24) is 14.9 Å². The summed E-state index contributed by atoms with van der Waals surface area (Å²) >= 11 is 0. The van der Waals surface area contributed by atoms with Gasteiger partial charge in [-0.3, -0.25) is 4.79 Å². The normalized spacial score (nSPS) is 11.3. The first kappa shape index (κ1) is 17.2. The lowest BCUT2D eigenvalue weighted by molar-refractivity contribution is 0.100. The van der Waals surface area contributed by atoms with Gasteiger partial charge in [-0.15, -0.1) is 0 Å². The number of amides is 1. The van der Waals surface area contributed by atoms with Crippen molar-refractivity contribution >= 4 is 16.9 Å². The summed E-state index contributed by atoms with van der Waals surface area (Å²) in [5.41, 5.74) is 9.63. The van der Waals surface area contributed by atoms with Gasteiger partial charge in [0.2, 0.25) is 0 Å². The fourth-order valence-electron chi connectivity index (χ4n) is 3.07. The number of H-pyrrole nitrogens is 1. The zero-order valence-electron chi connectivity index (χ0n) is 14.7. The number of nitrogens with zero attached hydrogens (tertiary/aromatic N) is 2. The van der Waals surface area contributed by atoms with Crippen LogP contribution in [0.2, 0.25) is 0 Å². The van der Waals surface area contributed by atoms with Crippen LogP contribution in [-0.2, 0) is 6.42 Å². The number of rotatable bonds is 7. The number of aromatic amines is 1. The topological polar surface area (TPSA) is 75.0 Å². The number of likely N-dealkylation sites (N-methyl/N-ethyl adjacent to an activating group) is 1. The van der Waals surface area contributed by atoms with Crippen LogP contribution in [-0.4, -0.2) is 40.4 Å². The van der Waals surface area contributed by atoms with E-state index >= 15 is 0 Å². The summed E-state index contributed by atoms with van der Waals surface area (Å²) in [6, 6.07) is 13.8. The Bertz CT molecular complexity index is 880. The van der Waals surface area contributed by atoms with Crippen LogP contribution in [0, 0.1) is 0 Å². The molecule has 1 heterocycles. The molecular formula is C20H24N4O. The van der Waals surface area contributed by atoms with Gasteiger partial charge in [-0.25, -0.2) is 4.98 Å². The smallest absolute Gasteiger partial charge is 0.250 e. The molecule has 5 nitrogen and oxygen atoms in total. The summed E-state index contributed by atoms with van der Waals surface area (Å²) in [6.07, 6.45) is 1.00. The van der Waals surface area contributed by atoms with Crippen LogP contribution in [0.4, 0.5) is 0 Å². The van der Waals surface area contributed by atoms with E-state index in [0.29, 0.717) is 11.1 Å². The second kappa shape index (κ2) is 7.49. The lowest BCUT2D eigenvalue weighted by atomic mass is 10.1. The number of nitrogens with one attached hydrogen (secondary N) is 1. The van der Waals surface area contributed by atoms with Gasteiger partial charge in [0.05, 0.1) is 11.1 Å². The van der Waals surface area contributed by atoms with Crippen molar-refractivity contribution in [3.8, 4) is 11.4 Å². The number of nitrogens with two attached hydrogens (primary N) is 1. The number of primary amides is 1. The molecule has 3 N–H and O–H groups in total. The third-order valence-electron chi connectivity index (χ3n) is 4.59. The summed E-state index contributed by atoms with van der Waals surface area (Å²) in [5, 5.41) is 0. The highest BCUT2D eigenvalue weighted by Crippen LogP contribution is 2.23. The Hall–Kier alpha value is -2.66. The lowest BCUT2D eigenvalue weighted by Crippen LogP contribution is -2.25. The standard InChI is InChI=1S/C20H24N4O/c1-3-24(4-2)12-11-14-7-5-8-15(13-14)20-22-17-10-6-9-16(19(21)25)18(17)23-20/h5-10,13H,3-4,11-12H2,1-2H3,(H2,21,25)(H,22,23). The number of para-hydroxylation sites is 1. The minimum atomic E-state index is -0.461. The summed E-state index contributed by atoms with van der Waals surface area (Å²) < 4.78 is 0. The molecule has 0 aliphatic rings. The molecule has 0 radical (unpaired) electrons. The monoisotopic (exact) mass is 336 g/mol. The summed E-state index contributed by atoms with van der Waals surface area (Å²) in [6.45, 7) is 7.54. The largest absolute Gasteiger partial charge is 0.366 e. The molecule has 0 spiro atoms. The number of hydrogen-bond acceptors (Lipinski definition) is 3. The minimum Gasteiger partial charge on any atom is -0.366 e. The maximum absolute atomic E-state index is 11.6. The van der Waals surface area contributed by atoms with Gasteiger partial charge in [-0.1, -0.05) is 38.1 Å². The van der Waals surface area contributed by atoms with E-state index in [0.717, 1.165) is 43.0 Å². The first-order valence-electron chi connectivity index (χ1n) is 8.72. The predicted octanol–water partition coefficient (Wildman–Crippen LogP) is 3.21. The van der Waals surface area contributed by atoms with Gasteiger partial charge in [-0.05, 0) is 43.3 Å². The maximum Gasteiger partial charge on any atom is 0.250 e. The van der Waals surface area contributed by atoms with Gasteiger partial charge in [-0.2, -0.15) is 0 Å². The molecular weight excluding hydrogens is 312 g/mol. The molecule has 3 aromatic rings. The Kier molecular flexibility index (Phi) is 5.14.